The number of likely N-dealkylation sites (tertiary alicyclic amines) is 1. The molecule has 1 saturated heterocycles. The standard InChI is InChI=1S/C16H22N4O2/c1-11-5-3-4-8-19(11)10-13-12(2)15(20(21)22)9-14-16(13)18-7-6-17-14/h6,9,11,18H,3-5,7-8,10H2,1-2H3. The second-order valence-corrected chi connectivity index (χ2v) is 6.16. The first-order valence-electron chi connectivity index (χ1n) is 7.89. The number of piperidine rings is 1. The first-order valence-corrected chi connectivity index (χ1v) is 7.89. The number of nitro groups is 1. The van der Waals surface area contributed by atoms with Crippen molar-refractivity contribution in [1.82, 2.24) is 4.90 Å². The van der Waals surface area contributed by atoms with E-state index in [4.69, 9.17) is 0 Å². The van der Waals surface area contributed by atoms with E-state index in [1.807, 2.05) is 6.92 Å². The van der Waals surface area contributed by atoms with Crippen molar-refractivity contribution in [2.45, 2.75) is 45.7 Å². The predicted octanol–water partition coefficient (Wildman–Crippen LogP) is 3.41. The molecule has 0 aliphatic carbocycles. The zero-order valence-electron chi connectivity index (χ0n) is 13.1. The Hall–Kier alpha value is -1.95. The topological polar surface area (TPSA) is 70.8 Å². The molecular weight excluding hydrogens is 280 g/mol. The van der Waals surface area contributed by atoms with E-state index in [9.17, 15) is 10.1 Å². The summed E-state index contributed by atoms with van der Waals surface area (Å²) in [5.41, 5.74) is 3.59. The Morgan fingerprint density at radius 3 is 3.05 bits per heavy atom. The zero-order valence-corrected chi connectivity index (χ0v) is 13.1. The second-order valence-electron chi connectivity index (χ2n) is 6.16. The molecule has 1 fully saturated rings. The van der Waals surface area contributed by atoms with Gasteiger partial charge in [0.15, 0.2) is 0 Å². The molecule has 0 saturated carbocycles. The van der Waals surface area contributed by atoms with Crippen LogP contribution in [0.4, 0.5) is 17.1 Å². The molecule has 3 rings (SSSR count). The largest absolute Gasteiger partial charge is 0.378 e. The third-order valence-electron chi connectivity index (χ3n) is 4.77. The van der Waals surface area contributed by atoms with Gasteiger partial charge in [0, 0.05) is 36.0 Å². The van der Waals surface area contributed by atoms with Gasteiger partial charge in [0.1, 0.15) is 0 Å². The van der Waals surface area contributed by atoms with Crippen LogP contribution in [0.2, 0.25) is 0 Å². The van der Waals surface area contributed by atoms with Gasteiger partial charge in [-0.1, -0.05) is 6.42 Å². The van der Waals surface area contributed by atoms with E-state index in [0.29, 0.717) is 18.3 Å². The molecule has 1 unspecified atom stereocenters. The van der Waals surface area contributed by atoms with Gasteiger partial charge >= 0.3 is 0 Å². The Morgan fingerprint density at radius 1 is 1.50 bits per heavy atom. The minimum atomic E-state index is -0.303. The van der Waals surface area contributed by atoms with Gasteiger partial charge in [0.25, 0.3) is 5.69 Å². The Morgan fingerprint density at radius 2 is 2.32 bits per heavy atom. The van der Waals surface area contributed by atoms with Crippen molar-refractivity contribution in [3.05, 3.63) is 27.3 Å². The van der Waals surface area contributed by atoms with Crippen LogP contribution in [0, 0.1) is 17.0 Å². The lowest BCUT2D eigenvalue weighted by molar-refractivity contribution is -0.385. The van der Waals surface area contributed by atoms with E-state index < -0.39 is 0 Å². The lowest BCUT2D eigenvalue weighted by Gasteiger charge is -2.34. The van der Waals surface area contributed by atoms with Gasteiger partial charge < -0.3 is 5.32 Å². The van der Waals surface area contributed by atoms with Crippen molar-refractivity contribution >= 4 is 23.3 Å². The highest BCUT2D eigenvalue weighted by Crippen LogP contribution is 2.39. The average Bonchev–Trinajstić information content (AvgIpc) is 2.51. The summed E-state index contributed by atoms with van der Waals surface area (Å²) in [7, 11) is 0. The molecule has 2 aliphatic heterocycles. The third-order valence-corrected chi connectivity index (χ3v) is 4.77. The monoisotopic (exact) mass is 302 g/mol. The van der Waals surface area contributed by atoms with E-state index in [0.717, 1.165) is 29.9 Å². The molecule has 0 radical (unpaired) electrons. The number of hydrogen-bond acceptors (Lipinski definition) is 5. The van der Waals surface area contributed by atoms with Gasteiger partial charge in [-0.2, -0.15) is 0 Å². The van der Waals surface area contributed by atoms with Crippen LogP contribution in [0.25, 0.3) is 0 Å². The van der Waals surface area contributed by atoms with E-state index >= 15 is 0 Å². The molecule has 0 bridgehead atoms. The van der Waals surface area contributed by atoms with Crippen LogP contribution in [-0.2, 0) is 6.54 Å². The molecule has 6 nitrogen and oxygen atoms in total. The number of fused-ring (bicyclic) bond motifs is 1. The van der Waals surface area contributed by atoms with Gasteiger partial charge in [-0.25, -0.2) is 0 Å². The highest BCUT2D eigenvalue weighted by molar-refractivity contribution is 5.85. The van der Waals surface area contributed by atoms with Crippen LogP contribution in [-0.4, -0.2) is 35.2 Å². The van der Waals surface area contributed by atoms with E-state index in [1.54, 1.807) is 12.3 Å². The summed E-state index contributed by atoms with van der Waals surface area (Å²) >= 11 is 0. The molecule has 22 heavy (non-hydrogen) atoms. The van der Waals surface area contributed by atoms with Gasteiger partial charge in [-0.05, 0) is 33.2 Å². The lowest BCUT2D eigenvalue weighted by atomic mass is 9.98. The predicted molar refractivity (Wildman–Crippen MR) is 88.2 cm³/mol. The van der Waals surface area contributed by atoms with E-state index in [-0.39, 0.29) is 10.6 Å². The summed E-state index contributed by atoms with van der Waals surface area (Å²) in [4.78, 5) is 17.8. The van der Waals surface area contributed by atoms with Crippen LogP contribution >= 0.6 is 0 Å². The summed E-state index contributed by atoms with van der Waals surface area (Å²) in [5, 5.41) is 14.7. The van der Waals surface area contributed by atoms with Gasteiger partial charge in [-0.15, -0.1) is 0 Å². The van der Waals surface area contributed by atoms with Crippen LogP contribution in [0.5, 0.6) is 0 Å². The number of rotatable bonds is 3. The fraction of sp³-hybridized carbons (Fsp3) is 0.562. The van der Waals surface area contributed by atoms with Gasteiger partial charge in [0.05, 0.1) is 22.8 Å². The maximum atomic E-state index is 11.3. The molecule has 1 aromatic rings. The third kappa shape index (κ3) is 2.70. The quantitative estimate of drug-likeness (QED) is 0.686. The SMILES string of the molecule is Cc1c([N+](=O)[O-])cc2c(c1CN1CCCCC1C)NCC=N2. The molecular formula is C16H22N4O2. The Bertz CT molecular complexity index is 627. The number of benzene rings is 1. The summed E-state index contributed by atoms with van der Waals surface area (Å²) < 4.78 is 0. The molecule has 2 heterocycles. The highest BCUT2D eigenvalue weighted by Gasteiger charge is 2.26. The smallest absolute Gasteiger partial charge is 0.274 e. The average molecular weight is 302 g/mol. The maximum Gasteiger partial charge on any atom is 0.274 e. The van der Waals surface area contributed by atoms with E-state index in [1.165, 1.54) is 19.3 Å². The van der Waals surface area contributed by atoms with Crippen molar-refractivity contribution in [3.8, 4) is 0 Å². The second kappa shape index (κ2) is 6.04. The summed E-state index contributed by atoms with van der Waals surface area (Å²) in [6.07, 6.45) is 5.43. The van der Waals surface area contributed by atoms with Crippen LogP contribution in [0.1, 0.15) is 37.3 Å². The number of nitro benzene ring substituents is 1. The fourth-order valence-corrected chi connectivity index (χ4v) is 3.38. The maximum absolute atomic E-state index is 11.3. The number of nitrogens with one attached hydrogen (secondary N) is 1. The summed E-state index contributed by atoms with van der Waals surface area (Å²) in [5.74, 6) is 0. The first-order chi connectivity index (χ1) is 10.6. The van der Waals surface area contributed by atoms with Crippen LogP contribution < -0.4 is 5.32 Å². The molecule has 118 valence electrons. The summed E-state index contributed by atoms with van der Waals surface area (Å²) in [6, 6.07) is 2.10. The molecule has 0 amide bonds. The number of nitrogens with zero attached hydrogens (tertiary/aromatic N) is 3. The fourth-order valence-electron chi connectivity index (χ4n) is 3.38. The zero-order chi connectivity index (χ0) is 15.7. The van der Waals surface area contributed by atoms with Crippen molar-refractivity contribution in [3.63, 3.8) is 0 Å². The van der Waals surface area contributed by atoms with Crippen molar-refractivity contribution in [2.75, 3.05) is 18.4 Å². The highest BCUT2D eigenvalue weighted by atomic mass is 16.6. The molecule has 1 N–H and O–H groups in total. The minimum absolute atomic E-state index is 0.166. The number of aliphatic imine (C=N–C) groups is 1. The first kappa shape index (κ1) is 15.0. The van der Waals surface area contributed by atoms with Crippen molar-refractivity contribution in [2.24, 2.45) is 4.99 Å². The minimum Gasteiger partial charge on any atom is -0.378 e. The Balaban J connectivity index is 2.02. The van der Waals surface area contributed by atoms with Crippen LogP contribution in [0.15, 0.2) is 11.1 Å². The number of hydrogen-bond donors (Lipinski definition) is 1. The van der Waals surface area contributed by atoms with Crippen LogP contribution in [0.3, 0.4) is 0 Å². The molecule has 0 spiro atoms. The molecule has 6 heteroatoms. The van der Waals surface area contributed by atoms with Crippen molar-refractivity contribution in [1.29, 1.82) is 0 Å². The Kier molecular flexibility index (Phi) is 4.11. The van der Waals surface area contributed by atoms with E-state index in [2.05, 4.69) is 22.1 Å². The van der Waals surface area contributed by atoms with Crippen molar-refractivity contribution < 1.29 is 4.92 Å². The lowest BCUT2D eigenvalue weighted by Crippen LogP contribution is -2.37. The van der Waals surface area contributed by atoms with Gasteiger partial charge in [-0.3, -0.25) is 20.0 Å². The molecule has 1 aromatic carbocycles. The normalized spacial score (nSPS) is 21.3. The molecule has 0 aromatic heterocycles. The number of anilines is 1. The Labute approximate surface area is 130 Å². The summed E-state index contributed by atoms with van der Waals surface area (Å²) in [6.45, 7) is 6.57. The molecule has 1 atom stereocenters. The molecule has 2 aliphatic rings. The van der Waals surface area contributed by atoms with Gasteiger partial charge in [0.2, 0.25) is 0 Å².